The van der Waals surface area contributed by atoms with Gasteiger partial charge in [-0.25, -0.2) is 9.69 Å². The second-order valence-corrected chi connectivity index (χ2v) is 7.61. The molecule has 0 bridgehead atoms. The van der Waals surface area contributed by atoms with E-state index in [9.17, 15) is 19.2 Å². The van der Waals surface area contributed by atoms with Crippen molar-refractivity contribution in [3.8, 4) is 5.75 Å². The van der Waals surface area contributed by atoms with Gasteiger partial charge in [0.25, 0.3) is 17.7 Å². The van der Waals surface area contributed by atoms with Crippen LogP contribution in [0.3, 0.4) is 0 Å². The lowest BCUT2D eigenvalue weighted by atomic mass is 10.1. The molecule has 1 aliphatic heterocycles. The number of nitrogens with zero attached hydrogens (tertiary/aromatic N) is 1. The standard InChI is InChI=1S/C25H18ClN3O5/c26-17-10-12-19(13-11-17)29-24(32)20(23(31)28-25(29)33)14-16-6-4-5-9-21(16)34-15-22(30)27-18-7-2-1-3-8-18/h1-14H,15H2,(H,27,30)(H,28,31,33)/b20-14+. The van der Waals surface area contributed by atoms with Gasteiger partial charge in [0.15, 0.2) is 6.61 Å². The Kier molecular flexibility index (Phi) is 6.70. The summed E-state index contributed by atoms with van der Waals surface area (Å²) in [6, 6.07) is 20.7. The Balaban J connectivity index is 1.55. The van der Waals surface area contributed by atoms with E-state index in [0.717, 1.165) is 4.90 Å². The zero-order chi connectivity index (χ0) is 24.1. The number of hydrogen-bond acceptors (Lipinski definition) is 5. The van der Waals surface area contributed by atoms with Gasteiger partial charge >= 0.3 is 6.03 Å². The lowest BCUT2D eigenvalue weighted by Crippen LogP contribution is -2.54. The minimum Gasteiger partial charge on any atom is -0.483 e. The lowest BCUT2D eigenvalue weighted by molar-refractivity contribution is -0.122. The number of amides is 5. The molecule has 0 atom stereocenters. The molecule has 2 N–H and O–H groups in total. The van der Waals surface area contributed by atoms with E-state index in [4.69, 9.17) is 16.3 Å². The Hall–Kier alpha value is -4.43. The van der Waals surface area contributed by atoms with E-state index in [1.165, 1.54) is 30.3 Å². The monoisotopic (exact) mass is 475 g/mol. The Morgan fingerprint density at radius 2 is 1.62 bits per heavy atom. The molecule has 3 aromatic carbocycles. The number of carbonyl (C=O) groups is 4. The molecular weight excluding hydrogens is 458 g/mol. The fourth-order valence-corrected chi connectivity index (χ4v) is 3.36. The molecule has 1 saturated heterocycles. The second kappa shape index (κ2) is 10.0. The van der Waals surface area contributed by atoms with E-state index in [1.807, 2.05) is 6.07 Å². The molecule has 0 aromatic heterocycles. The first-order valence-electron chi connectivity index (χ1n) is 10.2. The van der Waals surface area contributed by atoms with E-state index in [0.29, 0.717) is 16.3 Å². The maximum absolute atomic E-state index is 13.1. The van der Waals surface area contributed by atoms with Crippen molar-refractivity contribution in [1.29, 1.82) is 0 Å². The molecule has 1 fully saturated rings. The van der Waals surface area contributed by atoms with Crippen LogP contribution in [0.4, 0.5) is 16.2 Å². The van der Waals surface area contributed by atoms with E-state index in [-0.39, 0.29) is 29.5 Å². The van der Waals surface area contributed by atoms with Gasteiger partial charge < -0.3 is 10.1 Å². The van der Waals surface area contributed by atoms with Crippen LogP contribution in [0.1, 0.15) is 5.56 Å². The van der Waals surface area contributed by atoms with Gasteiger partial charge in [-0.1, -0.05) is 48.0 Å². The smallest absolute Gasteiger partial charge is 0.335 e. The molecule has 0 spiro atoms. The van der Waals surface area contributed by atoms with Gasteiger partial charge in [-0.2, -0.15) is 0 Å². The zero-order valence-electron chi connectivity index (χ0n) is 17.7. The van der Waals surface area contributed by atoms with Gasteiger partial charge in [-0.3, -0.25) is 19.7 Å². The molecule has 0 saturated carbocycles. The molecule has 4 rings (SSSR count). The summed E-state index contributed by atoms with van der Waals surface area (Å²) in [5, 5.41) is 5.30. The van der Waals surface area contributed by atoms with Crippen LogP contribution in [-0.2, 0) is 14.4 Å². The molecule has 170 valence electrons. The Bertz CT molecular complexity index is 1290. The lowest BCUT2D eigenvalue weighted by Gasteiger charge is -2.26. The number of anilines is 2. The van der Waals surface area contributed by atoms with Crippen molar-refractivity contribution < 1.29 is 23.9 Å². The van der Waals surface area contributed by atoms with Gasteiger partial charge in [0.2, 0.25) is 0 Å². The average molecular weight is 476 g/mol. The largest absolute Gasteiger partial charge is 0.483 e. The van der Waals surface area contributed by atoms with E-state index >= 15 is 0 Å². The SMILES string of the molecule is O=C(COc1ccccc1/C=C1\C(=O)NC(=O)N(c2ccc(Cl)cc2)C1=O)Nc1ccccc1. The van der Waals surface area contributed by atoms with Crippen LogP contribution in [0.15, 0.2) is 84.4 Å². The predicted octanol–water partition coefficient (Wildman–Crippen LogP) is 4.02. The Labute approximate surface area is 199 Å². The van der Waals surface area contributed by atoms with Crippen molar-refractivity contribution >= 4 is 52.8 Å². The molecule has 8 nitrogen and oxygen atoms in total. The molecular formula is C25H18ClN3O5. The third-order valence-electron chi connectivity index (χ3n) is 4.82. The fourth-order valence-electron chi connectivity index (χ4n) is 3.23. The van der Waals surface area contributed by atoms with Crippen LogP contribution in [0.2, 0.25) is 5.02 Å². The summed E-state index contributed by atoms with van der Waals surface area (Å²) >= 11 is 5.89. The average Bonchev–Trinajstić information content (AvgIpc) is 2.83. The Morgan fingerprint density at radius 3 is 2.35 bits per heavy atom. The van der Waals surface area contributed by atoms with Gasteiger partial charge in [-0.05, 0) is 48.5 Å². The van der Waals surface area contributed by atoms with Crippen LogP contribution < -0.4 is 20.3 Å². The summed E-state index contributed by atoms with van der Waals surface area (Å²) in [7, 11) is 0. The molecule has 0 aliphatic carbocycles. The molecule has 1 heterocycles. The molecule has 34 heavy (non-hydrogen) atoms. The van der Waals surface area contributed by atoms with Crippen molar-refractivity contribution in [1.82, 2.24) is 5.32 Å². The van der Waals surface area contributed by atoms with Crippen molar-refractivity contribution in [2.24, 2.45) is 0 Å². The summed E-state index contributed by atoms with van der Waals surface area (Å²) < 4.78 is 5.63. The number of hydrogen-bond donors (Lipinski definition) is 2. The number of ether oxygens (including phenoxy) is 1. The number of rotatable bonds is 6. The number of nitrogens with one attached hydrogen (secondary N) is 2. The summed E-state index contributed by atoms with van der Waals surface area (Å²) in [5.41, 5.74) is 1.01. The van der Waals surface area contributed by atoms with Crippen molar-refractivity contribution in [3.05, 3.63) is 95.0 Å². The van der Waals surface area contributed by atoms with Gasteiger partial charge in [0.05, 0.1) is 5.69 Å². The molecule has 0 radical (unpaired) electrons. The number of carbonyl (C=O) groups excluding carboxylic acids is 4. The Morgan fingerprint density at radius 1 is 0.941 bits per heavy atom. The third kappa shape index (κ3) is 5.13. The highest BCUT2D eigenvalue weighted by atomic mass is 35.5. The summed E-state index contributed by atoms with van der Waals surface area (Å²) in [6.45, 7) is -0.287. The first kappa shape index (κ1) is 22.8. The minimum absolute atomic E-state index is 0.257. The van der Waals surface area contributed by atoms with Gasteiger partial charge in [0.1, 0.15) is 11.3 Å². The third-order valence-corrected chi connectivity index (χ3v) is 5.07. The maximum Gasteiger partial charge on any atom is 0.335 e. The highest BCUT2D eigenvalue weighted by Crippen LogP contribution is 2.26. The van der Waals surface area contributed by atoms with Crippen LogP contribution >= 0.6 is 11.6 Å². The maximum atomic E-state index is 13.1. The number of benzene rings is 3. The number of barbiturate groups is 1. The predicted molar refractivity (Wildman–Crippen MR) is 127 cm³/mol. The number of para-hydroxylation sites is 2. The van der Waals surface area contributed by atoms with Crippen LogP contribution in [-0.4, -0.2) is 30.4 Å². The number of imide groups is 2. The highest BCUT2D eigenvalue weighted by Gasteiger charge is 2.36. The van der Waals surface area contributed by atoms with Crippen molar-refractivity contribution in [2.75, 3.05) is 16.8 Å². The highest BCUT2D eigenvalue weighted by molar-refractivity contribution is 6.39. The molecule has 9 heteroatoms. The summed E-state index contributed by atoms with van der Waals surface area (Å²) in [5.74, 6) is -1.72. The first-order chi connectivity index (χ1) is 16.4. The van der Waals surface area contributed by atoms with Crippen molar-refractivity contribution in [2.45, 2.75) is 0 Å². The van der Waals surface area contributed by atoms with E-state index < -0.39 is 17.8 Å². The van der Waals surface area contributed by atoms with Gasteiger partial charge in [0, 0.05) is 16.3 Å². The minimum atomic E-state index is -0.864. The van der Waals surface area contributed by atoms with Crippen LogP contribution in [0, 0.1) is 0 Å². The fraction of sp³-hybridized carbons (Fsp3) is 0.0400. The molecule has 5 amide bonds. The van der Waals surface area contributed by atoms with Gasteiger partial charge in [-0.15, -0.1) is 0 Å². The normalized spacial score (nSPS) is 14.7. The topological polar surface area (TPSA) is 105 Å². The zero-order valence-corrected chi connectivity index (χ0v) is 18.4. The number of urea groups is 1. The number of halogens is 1. The van der Waals surface area contributed by atoms with Crippen LogP contribution in [0.5, 0.6) is 5.75 Å². The molecule has 0 unspecified atom stereocenters. The van der Waals surface area contributed by atoms with Crippen molar-refractivity contribution in [3.63, 3.8) is 0 Å². The van der Waals surface area contributed by atoms with E-state index in [2.05, 4.69) is 10.6 Å². The van der Waals surface area contributed by atoms with Crippen LogP contribution in [0.25, 0.3) is 6.08 Å². The summed E-state index contributed by atoms with van der Waals surface area (Å²) in [6.07, 6.45) is 1.32. The second-order valence-electron chi connectivity index (χ2n) is 7.17. The molecule has 1 aliphatic rings. The quantitative estimate of drug-likeness (QED) is 0.414. The molecule has 3 aromatic rings. The summed E-state index contributed by atoms with van der Waals surface area (Å²) in [4.78, 5) is 50.9. The van der Waals surface area contributed by atoms with E-state index in [1.54, 1.807) is 48.5 Å². The first-order valence-corrected chi connectivity index (χ1v) is 10.5.